The molecule has 1 amide bonds. The first-order valence-electron chi connectivity index (χ1n) is 7.83. The fourth-order valence-corrected chi connectivity index (χ4v) is 4.64. The lowest BCUT2D eigenvalue weighted by molar-refractivity contribution is -0.115. The molecule has 146 valence electrons. The van der Waals surface area contributed by atoms with Gasteiger partial charge in [0.2, 0.25) is 5.75 Å². The number of benzene rings is 2. The molecule has 0 aromatic heterocycles. The highest BCUT2D eigenvalue weighted by Crippen LogP contribution is 2.39. The Balaban J connectivity index is 1.96. The number of aryl methyl sites for hydroxylation is 1. The molecule has 0 bridgehead atoms. The lowest BCUT2D eigenvalue weighted by atomic mass is 10.2. The van der Waals surface area contributed by atoms with Crippen LogP contribution in [0.3, 0.4) is 0 Å². The standard InChI is InChI=1S/C18H14ClNO5S3/c1-10-3-5-12(6-4-10)28(22,23)25-16-13(19)7-11(8-14(16)24-2)9-15-17(21)20-18(26)27-15/h3-9H,1-2H3,(H,20,21,26)/b15-9+. The van der Waals surface area contributed by atoms with Crippen molar-refractivity contribution >= 4 is 62.0 Å². The van der Waals surface area contributed by atoms with E-state index < -0.39 is 10.1 Å². The van der Waals surface area contributed by atoms with Crippen LogP contribution in [-0.4, -0.2) is 25.8 Å². The van der Waals surface area contributed by atoms with Crippen LogP contribution in [0.15, 0.2) is 46.2 Å². The van der Waals surface area contributed by atoms with Crippen LogP contribution >= 0.6 is 35.6 Å². The second-order valence-corrected chi connectivity index (χ2v) is 9.41. The molecule has 1 aliphatic rings. The number of halogens is 1. The van der Waals surface area contributed by atoms with Crippen LogP contribution in [0, 0.1) is 6.92 Å². The van der Waals surface area contributed by atoms with Crippen LogP contribution in [0.4, 0.5) is 0 Å². The number of rotatable bonds is 5. The van der Waals surface area contributed by atoms with Gasteiger partial charge in [-0.3, -0.25) is 4.79 Å². The van der Waals surface area contributed by atoms with Crippen molar-refractivity contribution in [3.05, 3.63) is 57.5 Å². The normalized spacial score (nSPS) is 15.6. The quantitative estimate of drug-likeness (QED) is 0.415. The number of nitrogens with one attached hydrogen (secondary N) is 1. The monoisotopic (exact) mass is 455 g/mol. The Morgan fingerprint density at radius 3 is 2.46 bits per heavy atom. The molecule has 1 N–H and O–H groups in total. The fourth-order valence-electron chi connectivity index (χ4n) is 2.34. The van der Waals surface area contributed by atoms with Crippen molar-refractivity contribution in [3.8, 4) is 11.5 Å². The Morgan fingerprint density at radius 2 is 1.89 bits per heavy atom. The van der Waals surface area contributed by atoms with E-state index in [-0.39, 0.29) is 27.3 Å². The number of thiocarbonyl (C=S) groups is 1. The van der Waals surface area contributed by atoms with Gasteiger partial charge in [-0.05, 0) is 42.8 Å². The summed E-state index contributed by atoms with van der Waals surface area (Å²) < 4.78 is 36.0. The van der Waals surface area contributed by atoms with Crippen molar-refractivity contribution in [2.24, 2.45) is 0 Å². The van der Waals surface area contributed by atoms with E-state index in [0.717, 1.165) is 17.3 Å². The van der Waals surface area contributed by atoms with Gasteiger partial charge in [-0.25, -0.2) is 0 Å². The molecule has 0 spiro atoms. The van der Waals surface area contributed by atoms with E-state index in [1.165, 1.54) is 31.4 Å². The lowest BCUT2D eigenvalue weighted by Gasteiger charge is -2.13. The summed E-state index contributed by atoms with van der Waals surface area (Å²) in [4.78, 5) is 12.2. The minimum atomic E-state index is -4.10. The molecular weight excluding hydrogens is 442 g/mol. The number of amides is 1. The van der Waals surface area contributed by atoms with E-state index in [2.05, 4.69) is 5.32 Å². The Kier molecular flexibility index (Phi) is 5.99. The Bertz CT molecular complexity index is 1090. The van der Waals surface area contributed by atoms with Gasteiger partial charge in [-0.1, -0.05) is 53.3 Å². The average Bonchev–Trinajstić information content (AvgIpc) is 2.94. The number of hydrogen-bond acceptors (Lipinski definition) is 7. The smallest absolute Gasteiger partial charge is 0.339 e. The number of carbonyl (C=O) groups is 1. The molecule has 2 aromatic rings. The van der Waals surface area contributed by atoms with Crippen molar-refractivity contribution < 1.29 is 22.1 Å². The summed E-state index contributed by atoms with van der Waals surface area (Å²) in [5.74, 6) is -0.334. The zero-order valence-electron chi connectivity index (χ0n) is 14.7. The summed E-state index contributed by atoms with van der Waals surface area (Å²) in [6.45, 7) is 1.85. The topological polar surface area (TPSA) is 81.7 Å². The third-order valence-electron chi connectivity index (χ3n) is 3.69. The van der Waals surface area contributed by atoms with Gasteiger partial charge in [0.15, 0.2) is 5.75 Å². The first-order chi connectivity index (χ1) is 13.2. The van der Waals surface area contributed by atoms with Crippen LogP contribution in [-0.2, 0) is 14.9 Å². The van der Waals surface area contributed by atoms with Crippen molar-refractivity contribution in [2.75, 3.05) is 7.11 Å². The maximum Gasteiger partial charge on any atom is 0.339 e. The summed E-state index contributed by atoms with van der Waals surface area (Å²) >= 11 is 12.3. The molecule has 28 heavy (non-hydrogen) atoms. The molecule has 1 fully saturated rings. The number of ether oxygens (including phenoxy) is 1. The molecule has 3 rings (SSSR count). The molecule has 1 saturated heterocycles. The van der Waals surface area contributed by atoms with Gasteiger partial charge in [0.05, 0.1) is 17.0 Å². The average molecular weight is 456 g/mol. The van der Waals surface area contributed by atoms with Gasteiger partial charge >= 0.3 is 10.1 Å². The maximum absolute atomic E-state index is 12.6. The van der Waals surface area contributed by atoms with E-state index in [4.69, 9.17) is 32.7 Å². The van der Waals surface area contributed by atoms with Crippen LogP contribution in [0.1, 0.15) is 11.1 Å². The van der Waals surface area contributed by atoms with Crippen LogP contribution in [0.2, 0.25) is 5.02 Å². The molecule has 1 heterocycles. The van der Waals surface area contributed by atoms with Gasteiger partial charge in [0.25, 0.3) is 5.91 Å². The third kappa shape index (κ3) is 4.49. The van der Waals surface area contributed by atoms with Crippen molar-refractivity contribution in [3.63, 3.8) is 0 Å². The van der Waals surface area contributed by atoms with Gasteiger partial charge in [0, 0.05) is 0 Å². The molecule has 0 radical (unpaired) electrons. The highest BCUT2D eigenvalue weighted by atomic mass is 35.5. The third-order valence-corrected chi connectivity index (χ3v) is 6.37. The summed E-state index contributed by atoms with van der Waals surface area (Å²) in [7, 11) is -2.74. The van der Waals surface area contributed by atoms with Gasteiger partial charge in [0.1, 0.15) is 9.22 Å². The fraction of sp³-hybridized carbons (Fsp3) is 0.111. The molecule has 6 nitrogen and oxygen atoms in total. The largest absolute Gasteiger partial charge is 0.493 e. The highest BCUT2D eigenvalue weighted by Gasteiger charge is 2.24. The molecule has 2 aromatic carbocycles. The maximum atomic E-state index is 12.6. The van der Waals surface area contributed by atoms with E-state index in [9.17, 15) is 13.2 Å². The number of thioether (sulfide) groups is 1. The Morgan fingerprint density at radius 1 is 1.21 bits per heavy atom. The Hall–Kier alpha value is -2.07. The summed E-state index contributed by atoms with van der Waals surface area (Å²) in [6.07, 6.45) is 1.58. The molecule has 10 heteroatoms. The molecule has 0 atom stereocenters. The van der Waals surface area contributed by atoms with E-state index in [1.807, 2.05) is 6.92 Å². The van der Waals surface area contributed by atoms with E-state index >= 15 is 0 Å². The summed E-state index contributed by atoms with van der Waals surface area (Å²) in [6, 6.07) is 9.23. The second-order valence-electron chi connectivity index (χ2n) is 5.74. The van der Waals surface area contributed by atoms with Crippen molar-refractivity contribution in [1.29, 1.82) is 0 Å². The lowest BCUT2D eigenvalue weighted by Crippen LogP contribution is -2.17. The van der Waals surface area contributed by atoms with E-state index in [0.29, 0.717) is 14.8 Å². The molecule has 0 saturated carbocycles. The van der Waals surface area contributed by atoms with Gasteiger partial charge in [-0.15, -0.1) is 0 Å². The van der Waals surface area contributed by atoms with Crippen LogP contribution in [0.5, 0.6) is 11.5 Å². The SMILES string of the molecule is COc1cc(/C=C2/SC(=S)NC2=O)cc(Cl)c1OS(=O)(=O)c1ccc(C)cc1. The second kappa shape index (κ2) is 8.12. The van der Waals surface area contributed by atoms with Crippen molar-refractivity contribution in [1.82, 2.24) is 5.32 Å². The predicted molar refractivity (Wildman–Crippen MR) is 113 cm³/mol. The van der Waals surface area contributed by atoms with E-state index in [1.54, 1.807) is 18.2 Å². The first kappa shape index (κ1) is 20.7. The number of hydrogen-bond donors (Lipinski definition) is 1. The minimum absolute atomic E-state index is 0.00467. The minimum Gasteiger partial charge on any atom is -0.493 e. The van der Waals surface area contributed by atoms with Gasteiger partial charge in [-0.2, -0.15) is 8.42 Å². The molecular formula is C18H14ClNO5S3. The van der Waals surface area contributed by atoms with Crippen molar-refractivity contribution in [2.45, 2.75) is 11.8 Å². The predicted octanol–water partition coefficient (Wildman–Crippen LogP) is 3.91. The van der Waals surface area contributed by atoms with Crippen LogP contribution in [0.25, 0.3) is 6.08 Å². The molecule has 1 aliphatic heterocycles. The zero-order valence-corrected chi connectivity index (χ0v) is 17.9. The number of methoxy groups -OCH3 is 1. The van der Waals surface area contributed by atoms with Gasteiger partial charge < -0.3 is 14.2 Å². The number of carbonyl (C=O) groups excluding carboxylic acids is 1. The highest BCUT2D eigenvalue weighted by molar-refractivity contribution is 8.26. The Labute approximate surface area is 177 Å². The summed E-state index contributed by atoms with van der Waals surface area (Å²) in [5.41, 5.74) is 1.45. The summed E-state index contributed by atoms with van der Waals surface area (Å²) in [5, 5.41) is 2.53. The zero-order chi connectivity index (χ0) is 20.5. The molecule has 0 aliphatic carbocycles. The molecule has 0 unspecified atom stereocenters. The first-order valence-corrected chi connectivity index (χ1v) is 10.8. The van der Waals surface area contributed by atoms with Crippen LogP contribution < -0.4 is 14.2 Å².